The number of non-ortho nitro benzene ring substituents is 1. The lowest BCUT2D eigenvalue weighted by Gasteiger charge is -2.15. The summed E-state index contributed by atoms with van der Waals surface area (Å²) in [6, 6.07) is 12.7. The summed E-state index contributed by atoms with van der Waals surface area (Å²) in [6.07, 6.45) is 1.65. The Kier molecular flexibility index (Phi) is 5.33. The Balaban J connectivity index is 1.82. The number of anilines is 2. The zero-order chi connectivity index (χ0) is 19.6. The molecule has 2 aromatic rings. The molecule has 136 valence electrons. The Bertz CT molecular complexity index is 969. The fraction of sp³-hybridized carbons (Fsp3) is 0.0556. The number of nitro groups is 1. The van der Waals surface area contributed by atoms with Crippen LogP contribution in [-0.2, 0) is 9.59 Å². The van der Waals surface area contributed by atoms with Crippen molar-refractivity contribution in [3.63, 3.8) is 0 Å². The van der Waals surface area contributed by atoms with Crippen molar-refractivity contribution in [1.29, 1.82) is 0 Å². The van der Waals surface area contributed by atoms with Crippen LogP contribution in [-0.4, -0.2) is 21.1 Å². The van der Waals surface area contributed by atoms with Gasteiger partial charge in [0.25, 0.3) is 11.6 Å². The molecule has 0 bridgehead atoms. The summed E-state index contributed by atoms with van der Waals surface area (Å²) in [5, 5.41) is 13.4. The van der Waals surface area contributed by atoms with E-state index < -0.39 is 4.92 Å². The number of carbonyl (C=O) groups is 2. The second kappa shape index (κ2) is 7.68. The molecule has 0 radical (unpaired) electrons. The first-order valence-electron chi connectivity index (χ1n) is 7.75. The van der Waals surface area contributed by atoms with Gasteiger partial charge < -0.3 is 5.32 Å². The van der Waals surface area contributed by atoms with Gasteiger partial charge in [0.05, 0.1) is 15.5 Å². The summed E-state index contributed by atoms with van der Waals surface area (Å²) in [5.74, 6) is -0.449. The predicted octanol–water partition coefficient (Wildman–Crippen LogP) is 3.96. The molecular weight excluding hydrogens is 386 g/mol. The molecule has 9 heteroatoms. The maximum Gasteiger partial charge on any atom is 0.270 e. The normalized spacial score (nSPS) is 15.3. The van der Waals surface area contributed by atoms with Crippen molar-refractivity contribution >= 4 is 63.3 Å². The molecule has 27 heavy (non-hydrogen) atoms. The lowest BCUT2D eigenvalue weighted by molar-refractivity contribution is -0.384. The second-order valence-corrected chi connectivity index (χ2v) is 7.27. The van der Waals surface area contributed by atoms with E-state index in [1.165, 1.54) is 24.0 Å². The first-order valence-corrected chi connectivity index (χ1v) is 8.98. The van der Waals surface area contributed by atoms with Crippen LogP contribution in [0.1, 0.15) is 12.5 Å². The molecule has 3 rings (SSSR count). The fourth-order valence-corrected chi connectivity index (χ4v) is 3.73. The predicted molar refractivity (Wildman–Crippen MR) is 109 cm³/mol. The molecule has 1 fully saturated rings. The number of thiocarbonyl (C=S) groups is 1. The summed E-state index contributed by atoms with van der Waals surface area (Å²) in [7, 11) is 0. The molecule has 2 amide bonds. The van der Waals surface area contributed by atoms with Crippen molar-refractivity contribution in [3.8, 4) is 0 Å². The molecule has 0 saturated carbocycles. The number of carbonyl (C=O) groups excluding carboxylic acids is 2. The molecule has 0 atom stereocenters. The van der Waals surface area contributed by atoms with Crippen LogP contribution in [0, 0.1) is 10.1 Å². The average molecular weight is 399 g/mol. The fourth-order valence-electron chi connectivity index (χ4n) is 2.43. The van der Waals surface area contributed by atoms with E-state index in [-0.39, 0.29) is 17.5 Å². The monoisotopic (exact) mass is 399 g/mol. The minimum atomic E-state index is -0.478. The van der Waals surface area contributed by atoms with Crippen molar-refractivity contribution < 1.29 is 14.5 Å². The SMILES string of the molecule is CC(=O)Nc1ccc(N2C(=O)C(=Cc3ccc([N+](=O)[O-])cc3)SC2=S)cc1. The standard InChI is InChI=1S/C18H13N3O4S2/c1-11(22)19-13-4-8-14(9-5-13)20-17(23)16(27-18(20)26)10-12-2-6-15(7-3-12)21(24)25/h2-10H,1H3,(H,19,22). The number of nitrogens with one attached hydrogen (secondary N) is 1. The summed E-state index contributed by atoms with van der Waals surface area (Å²) >= 11 is 6.48. The van der Waals surface area contributed by atoms with E-state index in [9.17, 15) is 19.7 Å². The summed E-state index contributed by atoms with van der Waals surface area (Å²) in [6.45, 7) is 1.42. The lowest BCUT2D eigenvalue weighted by Crippen LogP contribution is -2.27. The maximum atomic E-state index is 12.7. The number of benzene rings is 2. The maximum absolute atomic E-state index is 12.7. The van der Waals surface area contributed by atoms with Crippen LogP contribution in [0.5, 0.6) is 0 Å². The largest absolute Gasteiger partial charge is 0.326 e. The van der Waals surface area contributed by atoms with E-state index in [4.69, 9.17) is 12.2 Å². The van der Waals surface area contributed by atoms with E-state index in [0.717, 1.165) is 11.8 Å². The zero-order valence-corrected chi connectivity index (χ0v) is 15.7. The minimum Gasteiger partial charge on any atom is -0.326 e. The first kappa shape index (κ1) is 18.7. The Hall–Kier alpha value is -3.04. The van der Waals surface area contributed by atoms with Crippen LogP contribution in [0.25, 0.3) is 6.08 Å². The molecule has 0 spiro atoms. The van der Waals surface area contributed by atoms with E-state index in [2.05, 4.69) is 5.32 Å². The Morgan fingerprint density at radius 2 is 1.81 bits per heavy atom. The molecule has 0 unspecified atom stereocenters. The van der Waals surface area contributed by atoms with Crippen LogP contribution in [0.2, 0.25) is 0 Å². The van der Waals surface area contributed by atoms with Gasteiger partial charge in [-0.1, -0.05) is 24.0 Å². The molecule has 1 aliphatic rings. The molecular formula is C18H13N3O4S2. The number of nitrogens with zero attached hydrogens (tertiary/aromatic N) is 2. The highest BCUT2D eigenvalue weighted by Crippen LogP contribution is 2.36. The summed E-state index contributed by atoms with van der Waals surface area (Å²) in [4.78, 5) is 35.9. The number of nitro benzene ring substituents is 1. The van der Waals surface area contributed by atoms with Gasteiger partial charge in [0, 0.05) is 24.7 Å². The van der Waals surface area contributed by atoms with Gasteiger partial charge in [0.15, 0.2) is 4.32 Å². The molecule has 1 heterocycles. The lowest BCUT2D eigenvalue weighted by atomic mass is 10.2. The van der Waals surface area contributed by atoms with Crippen molar-refractivity contribution in [2.45, 2.75) is 6.92 Å². The van der Waals surface area contributed by atoms with Crippen molar-refractivity contribution in [1.82, 2.24) is 0 Å². The van der Waals surface area contributed by atoms with Gasteiger partial charge in [-0.3, -0.25) is 24.6 Å². The number of hydrogen-bond donors (Lipinski definition) is 1. The Morgan fingerprint density at radius 1 is 1.19 bits per heavy atom. The smallest absolute Gasteiger partial charge is 0.270 e. The summed E-state index contributed by atoms with van der Waals surface area (Å²) in [5.41, 5.74) is 1.87. The first-order chi connectivity index (χ1) is 12.8. The number of hydrogen-bond acceptors (Lipinski definition) is 6. The number of amides is 2. The van der Waals surface area contributed by atoms with Gasteiger partial charge >= 0.3 is 0 Å². The molecule has 1 saturated heterocycles. The third kappa shape index (κ3) is 4.21. The van der Waals surface area contributed by atoms with E-state index in [1.54, 1.807) is 42.5 Å². The minimum absolute atomic E-state index is 0.0149. The third-order valence-electron chi connectivity index (χ3n) is 3.64. The number of thioether (sulfide) groups is 1. The Labute approximate surface area is 164 Å². The molecule has 2 aromatic carbocycles. The molecule has 1 aliphatic heterocycles. The molecule has 7 nitrogen and oxygen atoms in total. The highest BCUT2D eigenvalue weighted by Gasteiger charge is 2.33. The second-order valence-electron chi connectivity index (χ2n) is 5.59. The average Bonchev–Trinajstić information content (AvgIpc) is 2.89. The quantitative estimate of drug-likeness (QED) is 0.362. The van der Waals surface area contributed by atoms with E-state index in [1.807, 2.05) is 0 Å². The molecule has 1 N–H and O–H groups in total. The van der Waals surface area contributed by atoms with Gasteiger partial charge in [-0.05, 0) is 48.0 Å². The third-order valence-corrected chi connectivity index (χ3v) is 4.94. The highest BCUT2D eigenvalue weighted by molar-refractivity contribution is 8.27. The van der Waals surface area contributed by atoms with Gasteiger partial charge in [0.1, 0.15) is 0 Å². The molecule has 0 aliphatic carbocycles. The number of rotatable bonds is 4. The van der Waals surface area contributed by atoms with Gasteiger partial charge in [0.2, 0.25) is 5.91 Å². The topological polar surface area (TPSA) is 92.6 Å². The van der Waals surface area contributed by atoms with Crippen LogP contribution in [0.3, 0.4) is 0 Å². The van der Waals surface area contributed by atoms with Crippen LogP contribution in [0.15, 0.2) is 53.4 Å². The van der Waals surface area contributed by atoms with Crippen molar-refractivity contribution in [2.24, 2.45) is 0 Å². The zero-order valence-electron chi connectivity index (χ0n) is 14.0. The highest BCUT2D eigenvalue weighted by atomic mass is 32.2. The van der Waals surface area contributed by atoms with Gasteiger partial charge in [-0.2, -0.15) is 0 Å². The van der Waals surface area contributed by atoms with Crippen molar-refractivity contribution in [3.05, 3.63) is 69.1 Å². The Morgan fingerprint density at radius 3 is 2.37 bits per heavy atom. The summed E-state index contributed by atoms with van der Waals surface area (Å²) < 4.78 is 0.389. The van der Waals surface area contributed by atoms with Crippen LogP contribution >= 0.6 is 24.0 Å². The van der Waals surface area contributed by atoms with Crippen molar-refractivity contribution in [2.75, 3.05) is 10.2 Å². The van der Waals surface area contributed by atoms with Gasteiger partial charge in [-0.25, -0.2) is 0 Å². The van der Waals surface area contributed by atoms with Crippen LogP contribution in [0.4, 0.5) is 17.1 Å². The van der Waals surface area contributed by atoms with E-state index in [0.29, 0.717) is 26.2 Å². The van der Waals surface area contributed by atoms with Crippen LogP contribution < -0.4 is 10.2 Å². The van der Waals surface area contributed by atoms with Gasteiger partial charge in [-0.15, -0.1) is 0 Å². The molecule has 0 aromatic heterocycles. The van der Waals surface area contributed by atoms with E-state index >= 15 is 0 Å².